The van der Waals surface area contributed by atoms with Crippen LogP contribution >= 0.6 is 12.4 Å². The molecule has 0 aliphatic rings. The van der Waals surface area contributed by atoms with E-state index in [2.05, 4.69) is 12.1 Å². The van der Waals surface area contributed by atoms with Gasteiger partial charge in [-0.1, -0.05) is 43.7 Å². The highest BCUT2D eigenvalue weighted by atomic mass is 35.5. The molecular weight excluding hydrogens is 276 g/mol. The van der Waals surface area contributed by atoms with Gasteiger partial charge in [-0.05, 0) is 18.0 Å². The summed E-state index contributed by atoms with van der Waals surface area (Å²) in [4.78, 5) is 0. The molecule has 0 atom stereocenters. The summed E-state index contributed by atoms with van der Waals surface area (Å²) in [6.45, 7) is 3.09. The van der Waals surface area contributed by atoms with Crippen LogP contribution in [0.4, 0.5) is 0 Å². The summed E-state index contributed by atoms with van der Waals surface area (Å²) in [5.74, 6) is 1.39. The van der Waals surface area contributed by atoms with Gasteiger partial charge >= 0.3 is 0 Å². The maximum Gasteiger partial charge on any atom is 0.258 e. The van der Waals surface area contributed by atoms with Gasteiger partial charge in [0.2, 0.25) is 0 Å². The third kappa shape index (κ3) is 3.99. The van der Waals surface area contributed by atoms with Crippen molar-refractivity contribution in [3.8, 4) is 17.2 Å². The summed E-state index contributed by atoms with van der Waals surface area (Å²) in [5, 5.41) is 4.03. The van der Waals surface area contributed by atoms with Gasteiger partial charge in [0, 0.05) is 12.1 Å². The largest absolute Gasteiger partial charge is 0.474 e. The van der Waals surface area contributed by atoms with Crippen LogP contribution in [-0.4, -0.2) is 18.3 Å². The van der Waals surface area contributed by atoms with Gasteiger partial charge in [-0.25, -0.2) is 0 Å². The molecule has 0 aliphatic carbocycles. The smallest absolute Gasteiger partial charge is 0.258 e. The number of aromatic nitrogens is 1. The highest BCUT2D eigenvalue weighted by molar-refractivity contribution is 5.85. The predicted molar refractivity (Wildman–Crippen MR) is 82.3 cm³/mol. The second-order valence-electron chi connectivity index (χ2n) is 4.40. The van der Waals surface area contributed by atoms with Gasteiger partial charge in [-0.3, -0.25) is 0 Å². The average molecular weight is 297 g/mol. The lowest BCUT2D eigenvalue weighted by Crippen LogP contribution is -2.11. The van der Waals surface area contributed by atoms with E-state index in [9.17, 15) is 0 Å². The Morgan fingerprint density at radius 1 is 1.25 bits per heavy atom. The van der Waals surface area contributed by atoms with E-state index in [4.69, 9.17) is 15.0 Å². The van der Waals surface area contributed by atoms with Gasteiger partial charge in [0.15, 0.2) is 5.76 Å². The molecule has 1 heterocycles. The number of benzene rings is 1. The van der Waals surface area contributed by atoms with Crippen molar-refractivity contribution in [1.29, 1.82) is 0 Å². The van der Waals surface area contributed by atoms with Crippen LogP contribution in [0.5, 0.6) is 5.88 Å². The van der Waals surface area contributed by atoms with Crippen molar-refractivity contribution >= 4 is 12.4 Å². The summed E-state index contributed by atoms with van der Waals surface area (Å²) in [7, 11) is 0. The molecule has 0 saturated carbocycles. The topological polar surface area (TPSA) is 61.3 Å². The minimum absolute atomic E-state index is 0. The molecule has 0 fully saturated rings. The summed E-state index contributed by atoms with van der Waals surface area (Å²) in [5.41, 5.74) is 7.54. The summed E-state index contributed by atoms with van der Waals surface area (Å²) < 4.78 is 11.0. The third-order valence-electron chi connectivity index (χ3n) is 2.93. The highest BCUT2D eigenvalue weighted by Crippen LogP contribution is 2.31. The highest BCUT2D eigenvalue weighted by Gasteiger charge is 2.18. The molecule has 1 aromatic carbocycles. The van der Waals surface area contributed by atoms with Gasteiger partial charge in [0.1, 0.15) is 6.61 Å². The summed E-state index contributed by atoms with van der Waals surface area (Å²) in [6, 6.07) is 9.99. The Balaban J connectivity index is 0.00000200. The van der Waals surface area contributed by atoms with E-state index >= 15 is 0 Å². The standard InChI is InChI=1S/C15H20N2O2.ClH/c1-2-3-9-13-14(12-7-5-4-6-8-12)19-17-15(13)18-11-10-16;/h4-8H,2-3,9-11,16H2,1H3;1H. The minimum atomic E-state index is 0. The maximum absolute atomic E-state index is 5.56. The number of rotatable bonds is 7. The normalized spacial score (nSPS) is 10.1. The van der Waals surface area contributed by atoms with Crippen molar-refractivity contribution < 1.29 is 9.26 Å². The Labute approximate surface area is 125 Å². The summed E-state index contributed by atoms with van der Waals surface area (Å²) in [6.07, 6.45) is 3.11. The van der Waals surface area contributed by atoms with E-state index in [1.54, 1.807) is 0 Å². The van der Waals surface area contributed by atoms with Crippen LogP contribution in [0.3, 0.4) is 0 Å². The zero-order valence-electron chi connectivity index (χ0n) is 11.7. The fourth-order valence-corrected chi connectivity index (χ4v) is 1.95. The Kier molecular flexibility index (Phi) is 7.12. The number of halogens is 1. The van der Waals surface area contributed by atoms with Gasteiger partial charge in [0.25, 0.3) is 5.88 Å². The van der Waals surface area contributed by atoms with Crippen LogP contribution in [0.1, 0.15) is 25.3 Å². The van der Waals surface area contributed by atoms with Crippen LogP contribution in [0, 0.1) is 0 Å². The van der Waals surface area contributed by atoms with Crippen molar-refractivity contribution in [3.05, 3.63) is 35.9 Å². The first-order chi connectivity index (χ1) is 9.36. The quantitative estimate of drug-likeness (QED) is 0.850. The molecule has 1 aromatic heterocycles. The van der Waals surface area contributed by atoms with Gasteiger partial charge in [0.05, 0.1) is 5.56 Å². The molecule has 20 heavy (non-hydrogen) atoms. The Bertz CT molecular complexity index is 500. The van der Waals surface area contributed by atoms with E-state index in [1.165, 1.54) is 0 Å². The molecule has 0 bridgehead atoms. The SMILES string of the molecule is CCCCc1c(OCCN)noc1-c1ccccc1.Cl. The van der Waals surface area contributed by atoms with E-state index in [1.807, 2.05) is 30.3 Å². The van der Waals surface area contributed by atoms with Crippen molar-refractivity contribution in [2.75, 3.05) is 13.2 Å². The van der Waals surface area contributed by atoms with E-state index in [-0.39, 0.29) is 12.4 Å². The van der Waals surface area contributed by atoms with Gasteiger partial charge < -0.3 is 15.0 Å². The number of hydrogen-bond acceptors (Lipinski definition) is 4. The van der Waals surface area contributed by atoms with E-state index < -0.39 is 0 Å². The minimum Gasteiger partial charge on any atom is -0.474 e. The first kappa shape index (κ1) is 16.5. The zero-order chi connectivity index (χ0) is 13.5. The Morgan fingerprint density at radius 2 is 2.00 bits per heavy atom. The molecule has 2 N–H and O–H groups in total. The maximum atomic E-state index is 5.56. The third-order valence-corrected chi connectivity index (χ3v) is 2.93. The van der Waals surface area contributed by atoms with Crippen molar-refractivity contribution in [2.24, 2.45) is 5.73 Å². The Hall–Kier alpha value is -1.52. The van der Waals surface area contributed by atoms with Gasteiger partial charge in [-0.2, -0.15) is 0 Å². The molecule has 0 saturated heterocycles. The lowest BCUT2D eigenvalue weighted by Gasteiger charge is -2.04. The lowest BCUT2D eigenvalue weighted by molar-refractivity contribution is 0.287. The molecule has 0 amide bonds. The molecule has 0 radical (unpaired) electrons. The molecule has 110 valence electrons. The van der Waals surface area contributed by atoms with E-state index in [0.717, 1.165) is 36.1 Å². The van der Waals surface area contributed by atoms with Crippen molar-refractivity contribution in [1.82, 2.24) is 5.16 Å². The van der Waals surface area contributed by atoms with E-state index in [0.29, 0.717) is 19.0 Å². The zero-order valence-corrected chi connectivity index (χ0v) is 12.5. The van der Waals surface area contributed by atoms with Crippen LogP contribution in [0.2, 0.25) is 0 Å². The molecule has 0 aliphatic heterocycles. The lowest BCUT2D eigenvalue weighted by atomic mass is 10.0. The molecule has 2 rings (SSSR count). The first-order valence-corrected chi connectivity index (χ1v) is 6.73. The number of nitrogens with two attached hydrogens (primary N) is 1. The fourth-order valence-electron chi connectivity index (χ4n) is 1.95. The Morgan fingerprint density at radius 3 is 2.65 bits per heavy atom. The molecular formula is C15H21ClN2O2. The fraction of sp³-hybridized carbons (Fsp3) is 0.400. The van der Waals surface area contributed by atoms with Crippen LogP contribution in [0.15, 0.2) is 34.9 Å². The molecule has 0 spiro atoms. The van der Waals surface area contributed by atoms with Crippen LogP contribution < -0.4 is 10.5 Å². The first-order valence-electron chi connectivity index (χ1n) is 6.73. The summed E-state index contributed by atoms with van der Waals surface area (Å²) >= 11 is 0. The number of nitrogens with zero attached hydrogens (tertiary/aromatic N) is 1. The van der Waals surface area contributed by atoms with Crippen LogP contribution in [0.25, 0.3) is 11.3 Å². The second-order valence-corrected chi connectivity index (χ2v) is 4.40. The second kappa shape index (κ2) is 8.61. The average Bonchev–Trinajstić information content (AvgIpc) is 2.86. The number of ether oxygens (including phenoxy) is 1. The number of unbranched alkanes of at least 4 members (excludes halogenated alkanes) is 1. The molecule has 4 nitrogen and oxygen atoms in total. The monoisotopic (exact) mass is 296 g/mol. The molecule has 2 aromatic rings. The predicted octanol–water partition coefficient (Wildman–Crippen LogP) is 3.44. The van der Waals surface area contributed by atoms with Gasteiger partial charge in [-0.15, -0.1) is 12.4 Å². The van der Waals surface area contributed by atoms with Crippen LogP contribution in [-0.2, 0) is 6.42 Å². The number of hydrogen-bond donors (Lipinski definition) is 1. The van der Waals surface area contributed by atoms with Crippen molar-refractivity contribution in [2.45, 2.75) is 26.2 Å². The molecule has 0 unspecified atom stereocenters. The molecule has 5 heteroatoms. The van der Waals surface area contributed by atoms with Crippen molar-refractivity contribution in [3.63, 3.8) is 0 Å².